The van der Waals surface area contributed by atoms with E-state index in [4.69, 9.17) is 5.26 Å². The molecule has 25 heavy (non-hydrogen) atoms. The van der Waals surface area contributed by atoms with Crippen LogP contribution in [-0.2, 0) is 11.2 Å². The highest BCUT2D eigenvalue weighted by molar-refractivity contribution is 5.77. The van der Waals surface area contributed by atoms with Crippen molar-refractivity contribution in [1.82, 2.24) is 14.8 Å². The van der Waals surface area contributed by atoms with E-state index in [-0.39, 0.29) is 17.0 Å². The van der Waals surface area contributed by atoms with Crippen LogP contribution in [0.5, 0.6) is 0 Å². The highest BCUT2D eigenvalue weighted by atomic mass is 16.2. The summed E-state index contributed by atoms with van der Waals surface area (Å²) < 4.78 is 0. The maximum atomic E-state index is 12.7. The quantitative estimate of drug-likeness (QED) is 0.880. The number of amides is 1. The average Bonchev–Trinajstić information content (AvgIpc) is 2.99. The van der Waals surface area contributed by atoms with Crippen molar-refractivity contribution in [2.45, 2.75) is 46.1 Å². The molecule has 1 aromatic heterocycles. The molecule has 1 saturated heterocycles. The maximum absolute atomic E-state index is 12.7. The van der Waals surface area contributed by atoms with E-state index in [1.54, 1.807) is 6.92 Å². The van der Waals surface area contributed by atoms with Gasteiger partial charge in [0.05, 0.1) is 0 Å². The first-order chi connectivity index (χ1) is 11.8. The largest absolute Gasteiger partial charge is 0.341 e. The molecular weight excluding hydrogens is 316 g/mol. The van der Waals surface area contributed by atoms with Gasteiger partial charge in [-0.2, -0.15) is 5.26 Å². The van der Waals surface area contributed by atoms with Gasteiger partial charge in [-0.25, -0.2) is 0 Å². The standard InChI is InChI=1S/C19H28N4O2/c1-6-14-10-23(11-17(14)22(4)5)18(24)8-7-15-12(2)16(9-20)19(25)21-13(15)3/h14,17H,6-8,10-11H2,1-5H3,(H,21,25)/t14-,17+/m0/s1. The summed E-state index contributed by atoms with van der Waals surface area (Å²) in [7, 11) is 4.13. The molecule has 0 saturated carbocycles. The predicted octanol–water partition coefficient (Wildman–Crippen LogP) is 1.59. The Morgan fingerprint density at radius 1 is 1.36 bits per heavy atom. The third kappa shape index (κ3) is 3.93. The summed E-state index contributed by atoms with van der Waals surface area (Å²) in [5, 5.41) is 9.15. The molecule has 1 aliphatic heterocycles. The van der Waals surface area contributed by atoms with Crippen molar-refractivity contribution in [3.63, 3.8) is 0 Å². The minimum absolute atomic E-state index is 0.145. The average molecular weight is 344 g/mol. The number of pyridine rings is 1. The van der Waals surface area contributed by atoms with Gasteiger partial charge < -0.3 is 14.8 Å². The molecule has 0 radical (unpaired) electrons. The second-order valence-corrected chi connectivity index (χ2v) is 7.17. The lowest BCUT2D eigenvalue weighted by molar-refractivity contribution is -0.130. The Labute approximate surface area is 149 Å². The Morgan fingerprint density at radius 3 is 2.56 bits per heavy atom. The van der Waals surface area contributed by atoms with E-state index in [0.717, 1.165) is 30.8 Å². The molecule has 1 aliphatic rings. The number of rotatable bonds is 5. The molecule has 0 bridgehead atoms. The van der Waals surface area contributed by atoms with Crippen molar-refractivity contribution in [3.05, 3.63) is 32.7 Å². The summed E-state index contributed by atoms with van der Waals surface area (Å²) >= 11 is 0. The molecule has 136 valence electrons. The van der Waals surface area contributed by atoms with Crippen molar-refractivity contribution in [1.29, 1.82) is 5.26 Å². The van der Waals surface area contributed by atoms with E-state index in [1.807, 2.05) is 17.9 Å². The third-order valence-electron chi connectivity index (χ3n) is 5.46. The van der Waals surface area contributed by atoms with Gasteiger partial charge in [-0.05, 0) is 51.4 Å². The number of aryl methyl sites for hydroxylation is 1. The number of carbonyl (C=O) groups excluding carboxylic acids is 1. The van der Waals surface area contributed by atoms with Crippen LogP contribution in [0.4, 0.5) is 0 Å². The summed E-state index contributed by atoms with van der Waals surface area (Å²) in [5.74, 6) is 0.659. The first-order valence-electron chi connectivity index (χ1n) is 8.86. The number of H-pyrrole nitrogens is 1. The fraction of sp³-hybridized carbons (Fsp3) is 0.632. The number of aromatic amines is 1. The lowest BCUT2D eigenvalue weighted by Gasteiger charge is -2.23. The van der Waals surface area contributed by atoms with Gasteiger partial charge in [-0.15, -0.1) is 0 Å². The molecule has 6 nitrogen and oxygen atoms in total. The van der Waals surface area contributed by atoms with Crippen LogP contribution in [0.15, 0.2) is 4.79 Å². The molecule has 1 amide bonds. The second kappa shape index (κ2) is 7.83. The Balaban J connectivity index is 2.09. The first kappa shape index (κ1) is 19.2. The lowest BCUT2D eigenvalue weighted by atomic mass is 9.99. The van der Waals surface area contributed by atoms with Gasteiger partial charge in [0, 0.05) is 31.2 Å². The fourth-order valence-corrected chi connectivity index (χ4v) is 3.85. The minimum atomic E-state index is -0.355. The maximum Gasteiger partial charge on any atom is 0.266 e. The van der Waals surface area contributed by atoms with E-state index in [9.17, 15) is 9.59 Å². The number of hydrogen-bond donors (Lipinski definition) is 1. The predicted molar refractivity (Wildman–Crippen MR) is 97.4 cm³/mol. The number of hydrogen-bond acceptors (Lipinski definition) is 4. The van der Waals surface area contributed by atoms with Gasteiger partial charge >= 0.3 is 0 Å². The Morgan fingerprint density at radius 2 is 2.04 bits per heavy atom. The van der Waals surface area contributed by atoms with Crippen LogP contribution in [0.1, 0.15) is 42.1 Å². The number of aromatic nitrogens is 1. The highest BCUT2D eigenvalue weighted by Crippen LogP contribution is 2.24. The fourth-order valence-electron chi connectivity index (χ4n) is 3.85. The molecule has 2 rings (SSSR count). The number of nitriles is 1. The molecular formula is C19H28N4O2. The Kier molecular flexibility index (Phi) is 6.02. The van der Waals surface area contributed by atoms with Crippen LogP contribution >= 0.6 is 0 Å². The Bertz CT molecular complexity index is 745. The van der Waals surface area contributed by atoms with Crippen molar-refractivity contribution < 1.29 is 4.79 Å². The summed E-state index contributed by atoms with van der Waals surface area (Å²) in [6, 6.07) is 2.37. The smallest absolute Gasteiger partial charge is 0.266 e. The molecule has 1 fully saturated rings. The molecule has 1 N–H and O–H groups in total. The number of nitrogens with one attached hydrogen (secondary N) is 1. The monoisotopic (exact) mass is 344 g/mol. The van der Waals surface area contributed by atoms with Crippen LogP contribution < -0.4 is 5.56 Å². The Hall–Kier alpha value is -2.13. The van der Waals surface area contributed by atoms with Gasteiger partial charge in [0.1, 0.15) is 11.6 Å². The van der Waals surface area contributed by atoms with Crippen molar-refractivity contribution >= 4 is 5.91 Å². The van der Waals surface area contributed by atoms with Gasteiger partial charge in [0.25, 0.3) is 5.56 Å². The van der Waals surface area contributed by atoms with Gasteiger partial charge in [0.15, 0.2) is 0 Å². The normalized spacial score (nSPS) is 20.1. The number of likely N-dealkylation sites (tertiary alicyclic amines) is 1. The summed E-state index contributed by atoms with van der Waals surface area (Å²) in [6.45, 7) is 7.36. The summed E-state index contributed by atoms with van der Waals surface area (Å²) in [5.41, 5.74) is 2.13. The van der Waals surface area contributed by atoms with Crippen LogP contribution in [-0.4, -0.2) is 53.9 Å². The zero-order valence-electron chi connectivity index (χ0n) is 15.8. The number of carbonyl (C=O) groups is 1. The van der Waals surface area contributed by atoms with Gasteiger partial charge in [-0.1, -0.05) is 13.3 Å². The molecule has 2 heterocycles. The molecule has 2 atom stereocenters. The van der Waals surface area contributed by atoms with Crippen LogP contribution in [0.2, 0.25) is 0 Å². The molecule has 0 unspecified atom stereocenters. The SMILES string of the molecule is CC[C@H]1CN(C(=O)CCc2c(C)[nH]c(=O)c(C#N)c2C)C[C@H]1N(C)C. The third-order valence-corrected chi connectivity index (χ3v) is 5.46. The van der Waals surface area contributed by atoms with Gasteiger partial charge in [-0.3, -0.25) is 9.59 Å². The second-order valence-electron chi connectivity index (χ2n) is 7.17. The van der Waals surface area contributed by atoms with E-state index in [1.165, 1.54) is 0 Å². The zero-order valence-corrected chi connectivity index (χ0v) is 15.8. The molecule has 0 aliphatic carbocycles. The number of likely N-dealkylation sites (N-methyl/N-ethyl adjacent to an activating group) is 1. The zero-order chi connectivity index (χ0) is 18.7. The summed E-state index contributed by atoms with van der Waals surface area (Å²) in [4.78, 5) is 31.4. The lowest BCUT2D eigenvalue weighted by Crippen LogP contribution is -2.36. The molecule has 1 aromatic rings. The topological polar surface area (TPSA) is 80.2 Å². The minimum Gasteiger partial charge on any atom is -0.341 e. The first-order valence-corrected chi connectivity index (χ1v) is 8.86. The van der Waals surface area contributed by atoms with E-state index in [2.05, 4.69) is 30.9 Å². The molecule has 0 aromatic carbocycles. The van der Waals surface area contributed by atoms with E-state index < -0.39 is 0 Å². The van der Waals surface area contributed by atoms with Crippen LogP contribution in [0, 0.1) is 31.1 Å². The van der Waals surface area contributed by atoms with E-state index in [0.29, 0.717) is 30.4 Å². The van der Waals surface area contributed by atoms with Crippen molar-refractivity contribution in [3.8, 4) is 6.07 Å². The molecule has 6 heteroatoms. The van der Waals surface area contributed by atoms with Crippen molar-refractivity contribution in [2.24, 2.45) is 5.92 Å². The number of nitrogens with zero attached hydrogens (tertiary/aromatic N) is 3. The van der Waals surface area contributed by atoms with Crippen LogP contribution in [0.25, 0.3) is 0 Å². The summed E-state index contributed by atoms with van der Waals surface area (Å²) in [6.07, 6.45) is 2.01. The van der Waals surface area contributed by atoms with Crippen LogP contribution in [0.3, 0.4) is 0 Å². The molecule has 0 spiro atoms. The van der Waals surface area contributed by atoms with E-state index >= 15 is 0 Å². The highest BCUT2D eigenvalue weighted by Gasteiger charge is 2.35. The van der Waals surface area contributed by atoms with Gasteiger partial charge in [0.2, 0.25) is 5.91 Å². The van der Waals surface area contributed by atoms with Crippen molar-refractivity contribution in [2.75, 3.05) is 27.2 Å².